The van der Waals surface area contributed by atoms with Crippen molar-refractivity contribution in [2.45, 2.75) is 56.3 Å². The molecule has 4 atom stereocenters. The lowest BCUT2D eigenvalue weighted by Gasteiger charge is -2.25. The quantitative estimate of drug-likeness (QED) is 0.165. The third-order valence-electron chi connectivity index (χ3n) is 5.92. The van der Waals surface area contributed by atoms with E-state index in [1.54, 1.807) is 0 Å². The largest absolute Gasteiger partial charge is 0.480 e. The first-order valence-corrected chi connectivity index (χ1v) is 11.9. The van der Waals surface area contributed by atoms with Crippen LogP contribution in [0.1, 0.15) is 30.5 Å². The number of nitrogens with one attached hydrogen (secondary N) is 5. The first kappa shape index (κ1) is 27.3. The van der Waals surface area contributed by atoms with Gasteiger partial charge in [-0.1, -0.05) is 30.3 Å². The number of carbonyl (C=O) groups is 5. The van der Waals surface area contributed by atoms with E-state index in [0.717, 1.165) is 12.0 Å². The van der Waals surface area contributed by atoms with Crippen molar-refractivity contribution < 1.29 is 29.1 Å². The van der Waals surface area contributed by atoms with E-state index in [-0.39, 0.29) is 18.7 Å². The molecule has 2 aromatic rings. The normalized spacial score (nSPS) is 17.2. The molecule has 1 aromatic carbocycles. The molecule has 4 amide bonds. The van der Waals surface area contributed by atoms with E-state index < -0.39 is 54.3 Å². The lowest BCUT2D eigenvalue weighted by molar-refractivity contribution is -0.143. The van der Waals surface area contributed by atoms with Crippen molar-refractivity contribution in [2.24, 2.45) is 5.73 Å². The van der Waals surface area contributed by atoms with Gasteiger partial charge in [0.2, 0.25) is 23.6 Å². The molecule has 2 heterocycles. The smallest absolute Gasteiger partial charge is 0.326 e. The van der Waals surface area contributed by atoms with Crippen LogP contribution < -0.4 is 27.0 Å². The highest BCUT2D eigenvalue weighted by Crippen LogP contribution is 2.09. The maximum absolute atomic E-state index is 13.4. The molecule has 3 rings (SSSR count). The Morgan fingerprint density at radius 3 is 2.24 bits per heavy atom. The summed E-state index contributed by atoms with van der Waals surface area (Å²) in [5, 5.41) is 20.1. The number of amides is 4. The number of nitrogens with zero attached hydrogens (tertiary/aromatic N) is 1. The second-order valence-corrected chi connectivity index (χ2v) is 8.81. The van der Waals surface area contributed by atoms with Gasteiger partial charge in [0.15, 0.2) is 0 Å². The lowest BCUT2D eigenvalue weighted by Crippen LogP contribution is -2.58. The van der Waals surface area contributed by atoms with E-state index in [2.05, 4.69) is 31.2 Å². The number of benzene rings is 1. The van der Waals surface area contributed by atoms with Crippen LogP contribution in [0.15, 0.2) is 42.9 Å². The highest BCUT2D eigenvalue weighted by atomic mass is 16.4. The number of aromatic amines is 1. The summed E-state index contributed by atoms with van der Waals surface area (Å²) in [4.78, 5) is 68.7. The van der Waals surface area contributed by atoms with E-state index in [1.165, 1.54) is 12.5 Å². The van der Waals surface area contributed by atoms with Gasteiger partial charge in [-0.05, 0) is 24.9 Å². The van der Waals surface area contributed by atoms with Crippen molar-refractivity contribution in [1.29, 1.82) is 0 Å². The highest BCUT2D eigenvalue weighted by molar-refractivity contribution is 5.95. The zero-order valence-corrected chi connectivity index (χ0v) is 20.1. The van der Waals surface area contributed by atoms with Crippen LogP contribution >= 0.6 is 0 Å². The Labute approximate surface area is 213 Å². The summed E-state index contributed by atoms with van der Waals surface area (Å²) >= 11 is 0. The van der Waals surface area contributed by atoms with Gasteiger partial charge in [0.05, 0.1) is 18.8 Å². The average Bonchev–Trinajstić information content (AvgIpc) is 3.57. The van der Waals surface area contributed by atoms with Crippen LogP contribution in [-0.4, -0.2) is 75.4 Å². The van der Waals surface area contributed by atoms with Crippen molar-refractivity contribution >= 4 is 29.6 Å². The van der Waals surface area contributed by atoms with Gasteiger partial charge in [0.1, 0.15) is 18.1 Å². The summed E-state index contributed by atoms with van der Waals surface area (Å²) in [6, 6.07) is 4.85. The van der Waals surface area contributed by atoms with Gasteiger partial charge >= 0.3 is 5.97 Å². The third-order valence-corrected chi connectivity index (χ3v) is 5.92. The van der Waals surface area contributed by atoms with Gasteiger partial charge in [-0.2, -0.15) is 0 Å². The van der Waals surface area contributed by atoms with E-state index in [1.807, 2.05) is 30.3 Å². The molecule has 13 nitrogen and oxygen atoms in total. The standard InChI is InChI=1S/C24H31N7O6/c25-20(32)11-19(24(36)37)31-23(35)18(10-15-12-26-13-28-15)30-22(34)17(9-14-5-2-1-3-6-14)29-21(33)16-7-4-8-27-16/h1-3,5-6,12-13,16-19,27H,4,7-11H2,(H2,25,32)(H,26,28)(H,29,33)(H,30,34)(H,31,35)(H,36,37). The first-order valence-electron chi connectivity index (χ1n) is 11.9. The fourth-order valence-electron chi connectivity index (χ4n) is 4.01. The Morgan fingerprint density at radius 2 is 1.68 bits per heavy atom. The van der Waals surface area contributed by atoms with E-state index in [4.69, 9.17) is 5.73 Å². The second kappa shape index (κ2) is 13.2. The van der Waals surface area contributed by atoms with Crippen molar-refractivity contribution in [1.82, 2.24) is 31.2 Å². The topological polar surface area (TPSA) is 208 Å². The molecule has 1 aromatic heterocycles. The molecule has 0 aliphatic carbocycles. The summed E-state index contributed by atoms with van der Waals surface area (Å²) in [6.07, 6.45) is 3.85. The maximum Gasteiger partial charge on any atom is 0.326 e. The van der Waals surface area contributed by atoms with Gasteiger partial charge in [0.25, 0.3) is 0 Å². The molecule has 1 aliphatic rings. The van der Waals surface area contributed by atoms with Gasteiger partial charge < -0.3 is 37.1 Å². The number of carbonyl (C=O) groups excluding carboxylic acids is 4. The third kappa shape index (κ3) is 8.42. The second-order valence-electron chi connectivity index (χ2n) is 8.81. The van der Waals surface area contributed by atoms with Gasteiger partial charge in [0, 0.05) is 24.7 Å². The molecule has 1 fully saturated rings. The van der Waals surface area contributed by atoms with Crippen LogP contribution in [0, 0.1) is 0 Å². The van der Waals surface area contributed by atoms with Crippen molar-refractivity contribution in [3.05, 3.63) is 54.1 Å². The maximum atomic E-state index is 13.4. The minimum absolute atomic E-state index is 0.0450. The molecule has 13 heteroatoms. The number of imidazole rings is 1. The Morgan fingerprint density at radius 1 is 1.00 bits per heavy atom. The molecule has 0 bridgehead atoms. The number of hydrogen-bond acceptors (Lipinski definition) is 7. The summed E-state index contributed by atoms with van der Waals surface area (Å²) in [6.45, 7) is 0.704. The fourth-order valence-corrected chi connectivity index (χ4v) is 4.01. The predicted molar refractivity (Wildman–Crippen MR) is 131 cm³/mol. The molecule has 0 radical (unpaired) electrons. The number of H-pyrrole nitrogens is 1. The number of rotatable bonds is 13. The zero-order chi connectivity index (χ0) is 26.8. The number of hydrogen-bond donors (Lipinski definition) is 7. The first-order chi connectivity index (χ1) is 17.7. The van der Waals surface area contributed by atoms with Gasteiger partial charge in [-0.3, -0.25) is 19.2 Å². The van der Waals surface area contributed by atoms with Crippen LogP contribution in [0.2, 0.25) is 0 Å². The number of carboxylic acids is 1. The number of nitrogens with two attached hydrogens (primary N) is 1. The summed E-state index contributed by atoms with van der Waals surface area (Å²) < 4.78 is 0. The number of aromatic nitrogens is 2. The van der Waals surface area contributed by atoms with E-state index in [9.17, 15) is 29.1 Å². The number of aliphatic carboxylic acids is 1. The Bertz CT molecular complexity index is 1090. The molecule has 1 saturated heterocycles. The monoisotopic (exact) mass is 513 g/mol. The summed E-state index contributed by atoms with van der Waals surface area (Å²) in [7, 11) is 0. The van der Waals surface area contributed by atoms with E-state index >= 15 is 0 Å². The Kier molecular flexibility index (Phi) is 9.72. The molecule has 0 saturated carbocycles. The van der Waals surface area contributed by atoms with Crippen LogP contribution in [0.25, 0.3) is 0 Å². The van der Waals surface area contributed by atoms with E-state index in [0.29, 0.717) is 18.7 Å². The lowest BCUT2D eigenvalue weighted by atomic mass is 10.0. The average molecular weight is 514 g/mol. The summed E-state index contributed by atoms with van der Waals surface area (Å²) in [5.41, 5.74) is 6.40. The van der Waals surface area contributed by atoms with Crippen molar-refractivity contribution in [3.8, 4) is 0 Å². The van der Waals surface area contributed by atoms with Crippen LogP contribution in [0.5, 0.6) is 0 Å². The summed E-state index contributed by atoms with van der Waals surface area (Å²) in [5.74, 6) is -4.14. The van der Waals surface area contributed by atoms with Crippen molar-refractivity contribution in [2.75, 3.05) is 6.54 Å². The van der Waals surface area contributed by atoms with Crippen LogP contribution in [-0.2, 0) is 36.8 Å². The Hall–Kier alpha value is -4.26. The molecule has 37 heavy (non-hydrogen) atoms. The molecule has 1 aliphatic heterocycles. The van der Waals surface area contributed by atoms with Gasteiger partial charge in [-0.25, -0.2) is 9.78 Å². The molecule has 0 spiro atoms. The molecular weight excluding hydrogens is 482 g/mol. The Balaban J connectivity index is 1.79. The molecule has 8 N–H and O–H groups in total. The number of carboxylic acid groups (broad SMARTS) is 1. The molecule has 4 unspecified atom stereocenters. The van der Waals surface area contributed by atoms with Crippen LogP contribution in [0.3, 0.4) is 0 Å². The minimum atomic E-state index is -1.57. The predicted octanol–water partition coefficient (Wildman–Crippen LogP) is -1.64. The number of primary amides is 1. The molecular formula is C24H31N7O6. The molecule has 198 valence electrons. The highest BCUT2D eigenvalue weighted by Gasteiger charge is 2.32. The SMILES string of the molecule is NC(=O)CC(NC(=O)C(Cc1cnc[nH]1)NC(=O)C(Cc1ccccc1)NC(=O)C1CCCN1)C(=O)O. The van der Waals surface area contributed by atoms with Crippen molar-refractivity contribution in [3.63, 3.8) is 0 Å². The minimum Gasteiger partial charge on any atom is -0.480 e. The van der Waals surface area contributed by atoms with Gasteiger partial charge in [-0.15, -0.1) is 0 Å². The van der Waals surface area contributed by atoms with Crippen LogP contribution in [0.4, 0.5) is 0 Å². The zero-order valence-electron chi connectivity index (χ0n) is 20.1. The fraction of sp³-hybridized carbons (Fsp3) is 0.417.